The smallest absolute Gasteiger partial charge is 0.422 e. The summed E-state index contributed by atoms with van der Waals surface area (Å²) in [5, 5.41) is 0.987. The Morgan fingerprint density at radius 3 is 2.60 bits per heavy atom. The summed E-state index contributed by atoms with van der Waals surface area (Å²) in [6, 6.07) is 10.1. The highest BCUT2D eigenvalue weighted by atomic mass is 19.4. The van der Waals surface area contributed by atoms with Crippen LogP contribution in [0.3, 0.4) is 0 Å². The molecule has 3 N–H and O–H groups in total. The van der Waals surface area contributed by atoms with Crippen molar-refractivity contribution in [3.63, 3.8) is 0 Å². The van der Waals surface area contributed by atoms with Gasteiger partial charge in [-0.15, -0.1) is 0 Å². The summed E-state index contributed by atoms with van der Waals surface area (Å²) >= 11 is 0. The molecule has 5 nitrogen and oxygen atoms in total. The molecule has 0 radical (unpaired) electrons. The first-order chi connectivity index (χ1) is 11.8. The van der Waals surface area contributed by atoms with Crippen molar-refractivity contribution >= 4 is 16.8 Å². The molecule has 1 atom stereocenters. The molecular weight excluding hydrogens is 335 g/mol. The Kier molecular flexibility index (Phi) is 4.35. The highest BCUT2D eigenvalue weighted by Crippen LogP contribution is 2.28. The van der Waals surface area contributed by atoms with Crippen LogP contribution in [0.15, 0.2) is 48.8 Å². The number of ether oxygens (including phenoxy) is 1. The van der Waals surface area contributed by atoms with E-state index in [4.69, 9.17) is 5.73 Å². The van der Waals surface area contributed by atoms with Crippen molar-refractivity contribution in [3.8, 4) is 5.88 Å². The number of carbonyl (C=O) groups excluding carboxylic acids is 1. The van der Waals surface area contributed by atoms with E-state index in [1.807, 2.05) is 12.1 Å². The fourth-order valence-corrected chi connectivity index (χ4v) is 2.57. The largest absolute Gasteiger partial charge is 0.468 e. The zero-order valence-electron chi connectivity index (χ0n) is 12.9. The van der Waals surface area contributed by atoms with Crippen LogP contribution in [0.2, 0.25) is 0 Å². The van der Waals surface area contributed by atoms with E-state index >= 15 is 0 Å². The maximum atomic E-state index is 12.2. The van der Waals surface area contributed by atoms with Gasteiger partial charge in [0.1, 0.15) is 0 Å². The molecule has 130 valence electrons. The van der Waals surface area contributed by atoms with Crippen molar-refractivity contribution in [2.75, 3.05) is 6.61 Å². The third kappa shape index (κ3) is 3.90. The molecule has 1 unspecified atom stereocenters. The van der Waals surface area contributed by atoms with Crippen LogP contribution >= 0.6 is 0 Å². The van der Waals surface area contributed by atoms with Gasteiger partial charge >= 0.3 is 6.18 Å². The molecule has 0 fully saturated rings. The molecule has 1 amide bonds. The zero-order valence-corrected chi connectivity index (χ0v) is 12.9. The Balaban J connectivity index is 1.86. The molecule has 8 heteroatoms. The molecule has 2 aromatic heterocycles. The summed E-state index contributed by atoms with van der Waals surface area (Å²) in [5.41, 5.74) is 7.50. The number of nitrogens with zero attached hydrogens (tertiary/aromatic N) is 1. The predicted molar refractivity (Wildman–Crippen MR) is 85.1 cm³/mol. The summed E-state index contributed by atoms with van der Waals surface area (Å²) < 4.78 is 41.0. The maximum Gasteiger partial charge on any atom is 0.422 e. The Labute approximate surface area is 140 Å². The zero-order chi connectivity index (χ0) is 18.0. The summed E-state index contributed by atoms with van der Waals surface area (Å²) in [6.07, 6.45) is -1.37. The van der Waals surface area contributed by atoms with Crippen LogP contribution in [0, 0.1) is 0 Å². The molecule has 1 aromatic carbocycles. The highest BCUT2D eigenvalue weighted by molar-refractivity contribution is 5.88. The molecule has 0 aliphatic carbocycles. The van der Waals surface area contributed by atoms with Crippen LogP contribution < -0.4 is 10.5 Å². The fraction of sp³-hybridized carbons (Fsp3) is 0.176. The number of carbonyl (C=O) groups is 1. The number of aromatic amines is 1. The van der Waals surface area contributed by atoms with Crippen molar-refractivity contribution in [1.82, 2.24) is 9.97 Å². The average molecular weight is 349 g/mol. The second kappa shape index (κ2) is 6.46. The maximum absolute atomic E-state index is 12.2. The van der Waals surface area contributed by atoms with Crippen LogP contribution in [0.25, 0.3) is 10.9 Å². The van der Waals surface area contributed by atoms with Gasteiger partial charge in [-0.2, -0.15) is 13.2 Å². The molecular formula is C17H14F3N3O2. The number of primary amides is 1. The van der Waals surface area contributed by atoms with Crippen molar-refractivity contribution < 1.29 is 22.7 Å². The number of hydrogen-bond donors (Lipinski definition) is 2. The van der Waals surface area contributed by atoms with Crippen LogP contribution in [0.4, 0.5) is 13.2 Å². The lowest BCUT2D eigenvalue weighted by Crippen LogP contribution is -2.23. The number of aromatic nitrogens is 2. The van der Waals surface area contributed by atoms with Gasteiger partial charge in [0.15, 0.2) is 6.61 Å². The number of amides is 1. The third-order valence-corrected chi connectivity index (χ3v) is 3.67. The van der Waals surface area contributed by atoms with Gasteiger partial charge in [0.25, 0.3) is 0 Å². The number of pyridine rings is 1. The summed E-state index contributed by atoms with van der Waals surface area (Å²) in [6.45, 7) is -1.43. The van der Waals surface area contributed by atoms with Gasteiger partial charge in [-0.1, -0.05) is 18.2 Å². The van der Waals surface area contributed by atoms with Crippen LogP contribution in [-0.2, 0) is 4.79 Å². The first kappa shape index (κ1) is 16.8. The normalized spacial score (nSPS) is 12.9. The molecule has 3 aromatic rings. The Morgan fingerprint density at radius 2 is 1.96 bits per heavy atom. The average Bonchev–Trinajstić information content (AvgIpc) is 3.01. The van der Waals surface area contributed by atoms with Crippen molar-refractivity contribution in [2.45, 2.75) is 12.1 Å². The van der Waals surface area contributed by atoms with E-state index in [1.54, 1.807) is 18.3 Å². The van der Waals surface area contributed by atoms with E-state index < -0.39 is 24.6 Å². The van der Waals surface area contributed by atoms with Gasteiger partial charge in [-0.25, -0.2) is 4.98 Å². The van der Waals surface area contributed by atoms with Crippen molar-refractivity contribution in [2.24, 2.45) is 5.73 Å². The minimum absolute atomic E-state index is 0.177. The fourth-order valence-electron chi connectivity index (χ4n) is 2.57. The molecule has 0 saturated heterocycles. The van der Waals surface area contributed by atoms with E-state index in [0.29, 0.717) is 11.1 Å². The van der Waals surface area contributed by atoms with Crippen LogP contribution in [-0.4, -0.2) is 28.7 Å². The lowest BCUT2D eigenvalue weighted by Gasteiger charge is -2.15. The van der Waals surface area contributed by atoms with Gasteiger partial charge in [-0.05, 0) is 28.6 Å². The first-order valence-corrected chi connectivity index (χ1v) is 7.35. The number of nitrogens with two attached hydrogens (primary N) is 1. The van der Waals surface area contributed by atoms with Gasteiger partial charge in [0.05, 0.1) is 5.92 Å². The van der Waals surface area contributed by atoms with Gasteiger partial charge in [-0.3, -0.25) is 4.79 Å². The molecule has 0 saturated carbocycles. The van der Waals surface area contributed by atoms with Gasteiger partial charge < -0.3 is 15.5 Å². The minimum Gasteiger partial charge on any atom is -0.468 e. The third-order valence-electron chi connectivity index (χ3n) is 3.67. The van der Waals surface area contributed by atoms with E-state index in [-0.39, 0.29) is 5.88 Å². The number of halogens is 3. The molecule has 0 bridgehead atoms. The van der Waals surface area contributed by atoms with Crippen molar-refractivity contribution in [3.05, 3.63) is 59.9 Å². The number of alkyl halides is 3. The van der Waals surface area contributed by atoms with Crippen molar-refractivity contribution in [1.29, 1.82) is 0 Å². The lowest BCUT2D eigenvalue weighted by atomic mass is 9.91. The Morgan fingerprint density at radius 1 is 1.20 bits per heavy atom. The summed E-state index contributed by atoms with van der Waals surface area (Å²) in [5.74, 6) is -1.53. The van der Waals surface area contributed by atoms with Crippen LogP contribution in [0.5, 0.6) is 5.88 Å². The summed E-state index contributed by atoms with van der Waals surface area (Å²) in [7, 11) is 0. The SMILES string of the molecule is NC(=O)C(c1ccc(OCC(F)(F)F)nc1)c1ccc2cc[nH]c2c1. The second-order valence-electron chi connectivity index (χ2n) is 5.49. The molecule has 2 heterocycles. The Bertz CT molecular complexity index is 888. The number of hydrogen-bond acceptors (Lipinski definition) is 3. The molecule has 0 spiro atoms. The number of nitrogens with one attached hydrogen (secondary N) is 1. The quantitative estimate of drug-likeness (QED) is 0.743. The van der Waals surface area contributed by atoms with E-state index in [1.165, 1.54) is 18.3 Å². The topological polar surface area (TPSA) is 81.0 Å². The monoisotopic (exact) mass is 349 g/mol. The number of rotatable bonds is 5. The Hall–Kier alpha value is -3.03. The number of fused-ring (bicyclic) bond motifs is 1. The van der Waals surface area contributed by atoms with Gasteiger partial charge in [0.2, 0.25) is 11.8 Å². The van der Waals surface area contributed by atoms with E-state index in [9.17, 15) is 18.0 Å². The lowest BCUT2D eigenvalue weighted by molar-refractivity contribution is -0.154. The minimum atomic E-state index is -4.44. The molecule has 25 heavy (non-hydrogen) atoms. The first-order valence-electron chi connectivity index (χ1n) is 7.35. The van der Waals surface area contributed by atoms with Gasteiger partial charge in [0, 0.05) is 24.0 Å². The summed E-state index contributed by atoms with van der Waals surface area (Å²) in [4.78, 5) is 18.8. The second-order valence-corrected chi connectivity index (χ2v) is 5.49. The highest BCUT2D eigenvalue weighted by Gasteiger charge is 2.28. The standard InChI is InChI=1S/C17H14F3N3O2/c18-17(19,20)9-25-14-4-3-12(8-23-14)15(16(21)24)11-2-1-10-5-6-22-13(10)7-11/h1-8,15,22H,9H2,(H2,21,24). The molecule has 0 aliphatic rings. The number of benzene rings is 1. The predicted octanol–water partition coefficient (Wildman–Crippen LogP) is 3.12. The van der Waals surface area contributed by atoms with E-state index in [2.05, 4.69) is 14.7 Å². The van der Waals surface area contributed by atoms with E-state index in [0.717, 1.165) is 10.9 Å². The van der Waals surface area contributed by atoms with Crippen LogP contribution in [0.1, 0.15) is 17.0 Å². The number of H-pyrrole nitrogens is 1. The molecule has 0 aliphatic heterocycles. The molecule has 3 rings (SSSR count).